The summed E-state index contributed by atoms with van der Waals surface area (Å²) < 4.78 is 0. The number of carbonyl (C=O) groups excluding carboxylic acids is 1. The summed E-state index contributed by atoms with van der Waals surface area (Å²) in [6.07, 6.45) is 4.17. The number of nitriles is 1. The number of thiazole rings is 1. The van der Waals surface area contributed by atoms with Crippen LogP contribution < -0.4 is 0 Å². The molecule has 0 aliphatic carbocycles. The highest BCUT2D eigenvalue weighted by Crippen LogP contribution is 2.18. The molecule has 1 aromatic rings. The van der Waals surface area contributed by atoms with Crippen molar-refractivity contribution >= 4 is 23.5 Å². The highest BCUT2D eigenvalue weighted by atomic mass is 32.1. The van der Waals surface area contributed by atoms with Gasteiger partial charge in [-0.1, -0.05) is 0 Å². The molecule has 2 heterocycles. The van der Waals surface area contributed by atoms with Gasteiger partial charge in [0.2, 0.25) is 5.91 Å². The minimum atomic E-state index is -0.359. The molecular formula is C14H18N4OS. The molecule has 0 bridgehead atoms. The molecule has 1 atom stereocenters. The molecule has 0 N–H and O–H groups in total. The average Bonchev–Trinajstić information content (AvgIpc) is 3.03. The molecule has 1 aliphatic rings. The Balaban J connectivity index is 1.75. The molecule has 5 nitrogen and oxygen atoms in total. The zero-order valence-corrected chi connectivity index (χ0v) is 12.4. The fourth-order valence-electron chi connectivity index (χ4n) is 2.14. The lowest BCUT2D eigenvalue weighted by Crippen LogP contribution is -2.26. The van der Waals surface area contributed by atoms with Crippen LogP contribution in [0, 0.1) is 18.3 Å². The molecule has 0 radical (unpaired) electrons. The van der Waals surface area contributed by atoms with E-state index in [1.54, 1.807) is 6.21 Å². The second-order valence-electron chi connectivity index (χ2n) is 4.83. The van der Waals surface area contributed by atoms with Crippen molar-refractivity contribution in [3.63, 3.8) is 0 Å². The molecule has 0 spiro atoms. The van der Waals surface area contributed by atoms with E-state index in [-0.39, 0.29) is 11.8 Å². The monoisotopic (exact) mass is 290 g/mol. The van der Waals surface area contributed by atoms with Gasteiger partial charge in [-0.3, -0.25) is 9.79 Å². The molecule has 1 fully saturated rings. The maximum Gasteiger partial charge on any atom is 0.222 e. The lowest BCUT2D eigenvalue weighted by molar-refractivity contribution is -0.127. The summed E-state index contributed by atoms with van der Waals surface area (Å²) in [6.45, 7) is 4.20. The van der Waals surface area contributed by atoms with Gasteiger partial charge in [-0.15, -0.1) is 11.3 Å². The van der Waals surface area contributed by atoms with Crippen LogP contribution in [-0.4, -0.2) is 41.6 Å². The van der Waals surface area contributed by atoms with Gasteiger partial charge in [-0.25, -0.2) is 4.98 Å². The van der Waals surface area contributed by atoms with Crippen LogP contribution >= 0.6 is 11.3 Å². The SMILES string of the molecule is Cc1csc([C@@H](C#N)C=NCCCN2CCCC2=O)n1. The Morgan fingerprint density at radius 2 is 2.55 bits per heavy atom. The van der Waals surface area contributed by atoms with Crippen LogP contribution in [0.5, 0.6) is 0 Å². The van der Waals surface area contributed by atoms with E-state index >= 15 is 0 Å². The molecule has 20 heavy (non-hydrogen) atoms. The maximum absolute atomic E-state index is 11.4. The number of aryl methyl sites for hydroxylation is 1. The highest BCUT2D eigenvalue weighted by molar-refractivity contribution is 7.09. The van der Waals surface area contributed by atoms with E-state index in [0.717, 1.165) is 36.6 Å². The third-order valence-corrected chi connectivity index (χ3v) is 4.23. The highest BCUT2D eigenvalue weighted by Gasteiger charge is 2.18. The van der Waals surface area contributed by atoms with E-state index in [0.29, 0.717) is 13.0 Å². The van der Waals surface area contributed by atoms with Crippen molar-refractivity contribution in [2.75, 3.05) is 19.6 Å². The van der Waals surface area contributed by atoms with Crippen molar-refractivity contribution in [1.82, 2.24) is 9.88 Å². The van der Waals surface area contributed by atoms with Crippen LogP contribution in [0.4, 0.5) is 0 Å². The minimum absolute atomic E-state index is 0.252. The third-order valence-electron chi connectivity index (χ3n) is 3.18. The topological polar surface area (TPSA) is 69.3 Å². The molecular weight excluding hydrogens is 272 g/mol. The predicted octanol–water partition coefficient (Wildman–Crippen LogP) is 2.14. The van der Waals surface area contributed by atoms with Crippen LogP contribution in [0.15, 0.2) is 10.4 Å². The van der Waals surface area contributed by atoms with Crippen molar-refractivity contribution in [3.8, 4) is 6.07 Å². The standard InChI is InChI=1S/C14H18N4OS/c1-11-10-20-14(17-11)12(8-15)9-16-5-3-7-18-6-2-4-13(18)19/h9-10,12H,2-7H2,1H3/t12-/m0/s1. The summed E-state index contributed by atoms with van der Waals surface area (Å²) in [6, 6.07) is 2.20. The first-order chi connectivity index (χ1) is 9.70. The number of aromatic nitrogens is 1. The van der Waals surface area contributed by atoms with Gasteiger partial charge >= 0.3 is 0 Å². The van der Waals surface area contributed by atoms with E-state index in [1.165, 1.54) is 11.3 Å². The molecule has 0 unspecified atom stereocenters. The first-order valence-electron chi connectivity index (χ1n) is 6.80. The van der Waals surface area contributed by atoms with Gasteiger partial charge in [0.25, 0.3) is 0 Å². The number of hydrogen-bond donors (Lipinski definition) is 0. The molecule has 1 aromatic heterocycles. The van der Waals surface area contributed by atoms with Crippen molar-refractivity contribution in [3.05, 3.63) is 16.1 Å². The fraction of sp³-hybridized carbons (Fsp3) is 0.571. The zero-order chi connectivity index (χ0) is 14.4. The van der Waals surface area contributed by atoms with Crippen molar-refractivity contribution in [2.24, 2.45) is 4.99 Å². The predicted molar refractivity (Wildman–Crippen MR) is 79.0 cm³/mol. The molecule has 1 saturated heterocycles. The first-order valence-corrected chi connectivity index (χ1v) is 7.68. The summed E-state index contributed by atoms with van der Waals surface area (Å²) in [4.78, 5) is 21.9. The average molecular weight is 290 g/mol. The van der Waals surface area contributed by atoms with Crippen molar-refractivity contribution in [1.29, 1.82) is 5.26 Å². The Morgan fingerprint density at radius 1 is 1.70 bits per heavy atom. The normalized spacial score (nSPS) is 16.8. The quantitative estimate of drug-likeness (QED) is 0.595. The van der Waals surface area contributed by atoms with Crippen LogP contribution in [0.3, 0.4) is 0 Å². The number of rotatable bonds is 6. The lowest BCUT2D eigenvalue weighted by Gasteiger charge is -2.13. The van der Waals surface area contributed by atoms with Gasteiger partial charge in [-0.05, 0) is 19.8 Å². The number of likely N-dealkylation sites (tertiary alicyclic amines) is 1. The Labute approximate surface area is 123 Å². The summed E-state index contributed by atoms with van der Waals surface area (Å²) in [7, 11) is 0. The smallest absolute Gasteiger partial charge is 0.222 e. The lowest BCUT2D eigenvalue weighted by atomic mass is 10.2. The van der Waals surface area contributed by atoms with E-state index in [4.69, 9.17) is 5.26 Å². The minimum Gasteiger partial charge on any atom is -0.343 e. The molecule has 1 amide bonds. The molecule has 2 rings (SSSR count). The van der Waals surface area contributed by atoms with E-state index in [1.807, 2.05) is 17.2 Å². The number of amides is 1. The number of aliphatic imine (C=N–C) groups is 1. The molecule has 1 aliphatic heterocycles. The third kappa shape index (κ3) is 3.87. The number of nitrogens with zero attached hydrogens (tertiary/aromatic N) is 4. The maximum atomic E-state index is 11.4. The zero-order valence-electron chi connectivity index (χ0n) is 11.6. The van der Waals surface area contributed by atoms with E-state index < -0.39 is 0 Å². The van der Waals surface area contributed by atoms with Crippen LogP contribution in [0.2, 0.25) is 0 Å². The summed E-state index contributed by atoms with van der Waals surface area (Å²) in [5.74, 6) is -0.107. The largest absolute Gasteiger partial charge is 0.343 e. The van der Waals surface area contributed by atoms with Gasteiger partial charge < -0.3 is 4.90 Å². The Hall–Kier alpha value is -1.74. The van der Waals surface area contributed by atoms with Gasteiger partial charge in [0.15, 0.2) is 0 Å². The van der Waals surface area contributed by atoms with Gasteiger partial charge in [0, 0.05) is 43.3 Å². The Kier molecular flexibility index (Phi) is 5.24. The summed E-state index contributed by atoms with van der Waals surface area (Å²) >= 11 is 1.49. The molecule has 106 valence electrons. The summed E-state index contributed by atoms with van der Waals surface area (Å²) in [5.41, 5.74) is 0.936. The number of hydrogen-bond acceptors (Lipinski definition) is 5. The number of carbonyl (C=O) groups is 1. The fourth-order valence-corrected chi connectivity index (χ4v) is 2.94. The van der Waals surface area contributed by atoms with Gasteiger partial charge in [-0.2, -0.15) is 5.26 Å². The van der Waals surface area contributed by atoms with Crippen LogP contribution in [-0.2, 0) is 4.79 Å². The first kappa shape index (κ1) is 14.7. The van der Waals surface area contributed by atoms with Crippen LogP contribution in [0.25, 0.3) is 0 Å². The molecule has 0 saturated carbocycles. The second kappa shape index (κ2) is 7.15. The second-order valence-corrected chi connectivity index (χ2v) is 5.72. The Morgan fingerprint density at radius 3 is 3.15 bits per heavy atom. The van der Waals surface area contributed by atoms with E-state index in [9.17, 15) is 4.79 Å². The van der Waals surface area contributed by atoms with Gasteiger partial charge in [0.1, 0.15) is 10.9 Å². The summed E-state index contributed by atoms with van der Waals surface area (Å²) in [5, 5.41) is 11.9. The van der Waals surface area contributed by atoms with E-state index in [2.05, 4.69) is 16.0 Å². The van der Waals surface area contributed by atoms with Crippen molar-refractivity contribution in [2.45, 2.75) is 32.1 Å². The molecule has 0 aromatic carbocycles. The van der Waals surface area contributed by atoms with Crippen molar-refractivity contribution < 1.29 is 4.79 Å². The Bertz CT molecular complexity index is 532. The molecule has 6 heteroatoms. The van der Waals surface area contributed by atoms with Gasteiger partial charge in [0.05, 0.1) is 6.07 Å². The van der Waals surface area contributed by atoms with Crippen LogP contribution in [0.1, 0.15) is 35.9 Å².